The van der Waals surface area contributed by atoms with E-state index in [1.165, 1.54) is 11.3 Å². The molecule has 13 heteroatoms. The van der Waals surface area contributed by atoms with E-state index in [-0.39, 0.29) is 18.2 Å². The molecule has 1 aromatic carbocycles. The summed E-state index contributed by atoms with van der Waals surface area (Å²) in [6, 6.07) is 7.18. The van der Waals surface area contributed by atoms with Gasteiger partial charge in [0.15, 0.2) is 5.94 Å². The van der Waals surface area contributed by atoms with E-state index >= 15 is 0 Å². The maximum Gasteiger partial charge on any atom is 0.522 e. The van der Waals surface area contributed by atoms with Gasteiger partial charge in [-0.3, -0.25) is 14.6 Å². The molecule has 0 radical (unpaired) electrons. The van der Waals surface area contributed by atoms with Crippen molar-refractivity contribution in [1.82, 2.24) is 14.8 Å². The van der Waals surface area contributed by atoms with Crippen molar-refractivity contribution in [2.24, 2.45) is 4.99 Å². The van der Waals surface area contributed by atoms with E-state index in [4.69, 9.17) is 16.6 Å². The topological polar surface area (TPSA) is 95.3 Å². The van der Waals surface area contributed by atoms with Crippen molar-refractivity contribution in [3.05, 3.63) is 69.0 Å². The van der Waals surface area contributed by atoms with Gasteiger partial charge in [-0.25, -0.2) is 14.6 Å². The zero-order chi connectivity index (χ0) is 32.6. The van der Waals surface area contributed by atoms with Gasteiger partial charge < -0.3 is 10.0 Å². The number of likely N-dealkylation sites (tertiary alicyclic amines) is 1. The van der Waals surface area contributed by atoms with E-state index in [0.717, 1.165) is 28.8 Å². The summed E-state index contributed by atoms with van der Waals surface area (Å²) in [5.74, 6) is 8.06. The van der Waals surface area contributed by atoms with Crippen LogP contribution in [0.5, 0.6) is 0 Å². The summed E-state index contributed by atoms with van der Waals surface area (Å²) in [6.45, 7) is 2.96. The van der Waals surface area contributed by atoms with Crippen LogP contribution in [-0.2, 0) is 9.53 Å². The number of nitrogens with zero attached hydrogens (tertiary/aromatic N) is 4. The first-order valence-electron chi connectivity index (χ1n) is 14.7. The Labute approximate surface area is 271 Å². The molecule has 2 aromatic heterocycles. The number of aliphatic imine (C=N–C) groups is 1. The Morgan fingerprint density at radius 1 is 1.20 bits per heavy atom. The third-order valence-corrected chi connectivity index (χ3v) is 9.79. The number of aromatic carboxylic acids is 1. The molecule has 46 heavy (non-hydrogen) atoms. The molecular weight excluding hydrogens is 641 g/mol. The zero-order valence-electron chi connectivity index (χ0n) is 24.7. The number of carbonyl (C=O) groups excluding carboxylic acids is 1. The molecule has 0 spiro atoms. The monoisotopic (exact) mass is 668 g/mol. The van der Waals surface area contributed by atoms with Gasteiger partial charge in [-0.1, -0.05) is 23.4 Å². The lowest BCUT2D eigenvalue weighted by Gasteiger charge is -2.41. The second kappa shape index (κ2) is 13.0. The number of halogens is 4. The predicted octanol–water partition coefficient (Wildman–Crippen LogP) is 6.92. The molecule has 3 aromatic rings. The summed E-state index contributed by atoms with van der Waals surface area (Å²) >= 11 is 7.65. The molecule has 0 unspecified atom stereocenters. The first kappa shape index (κ1) is 32.0. The van der Waals surface area contributed by atoms with Crippen LogP contribution in [-0.4, -0.2) is 75.8 Å². The smallest absolute Gasteiger partial charge is 0.478 e. The molecule has 6 rings (SSSR count). The zero-order valence-corrected chi connectivity index (χ0v) is 26.2. The van der Waals surface area contributed by atoms with Gasteiger partial charge in [-0.2, -0.15) is 0 Å². The predicted molar refractivity (Wildman–Crippen MR) is 169 cm³/mol. The number of carboxylic acid groups (broad SMARTS) is 1. The van der Waals surface area contributed by atoms with Crippen molar-refractivity contribution in [3.63, 3.8) is 0 Å². The number of hydrogen-bond acceptors (Lipinski definition) is 8. The molecule has 238 valence electrons. The lowest BCUT2D eigenvalue weighted by Crippen LogP contribution is -2.46. The van der Waals surface area contributed by atoms with Gasteiger partial charge in [0.25, 0.3) is 0 Å². The standard InChI is InChI=1S/C33H28ClF3N4O4S/c1-19-39-28-7-6-22(40-13-9-23(10-14-40)45-33(35,36)37)16-26(28)29(17-42)41(19)12-2-3-20-4-5-21(34)15-25(20)24-8-11-38-30-27(32(43)44)18-46-31(24)30/h4-5,8,11,15,18,22-23H,6-7,9-10,12-14,16H2,1H3,(H,43,44)/t22-/m0/s1. The number of rotatable bonds is 5. The van der Waals surface area contributed by atoms with Crippen LogP contribution >= 0.6 is 22.9 Å². The second-order valence-corrected chi connectivity index (χ2v) is 12.6. The van der Waals surface area contributed by atoms with E-state index in [1.807, 2.05) is 6.92 Å². The van der Waals surface area contributed by atoms with Gasteiger partial charge in [0.05, 0.1) is 28.4 Å². The number of pyridine rings is 1. The highest BCUT2D eigenvalue weighted by Crippen LogP contribution is 2.39. The quantitative estimate of drug-likeness (QED) is 0.233. The van der Waals surface area contributed by atoms with Crippen molar-refractivity contribution in [1.29, 1.82) is 0 Å². The molecule has 1 atom stereocenters. The number of thiophene rings is 1. The number of hydrogen-bond donors (Lipinski definition) is 1. The van der Waals surface area contributed by atoms with Gasteiger partial charge in [0.2, 0.25) is 0 Å². The number of fused-ring (bicyclic) bond motifs is 1. The molecule has 4 heterocycles. The fraction of sp³-hybridized carbons (Fsp3) is 0.364. The Bertz CT molecular complexity index is 1880. The van der Waals surface area contributed by atoms with Crippen LogP contribution < -0.4 is 0 Å². The summed E-state index contributed by atoms with van der Waals surface area (Å²) in [6.07, 6.45) is -1.33. The summed E-state index contributed by atoms with van der Waals surface area (Å²) in [7, 11) is 0. The van der Waals surface area contributed by atoms with Crippen LogP contribution in [0.3, 0.4) is 0 Å². The van der Waals surface area contributed by atoms with Crippen molar-refractivity contribution >= 4 is 50.9 Å². The SMILES string of the molecule is CC1=NC2=C(C[C@@H](N3CCC(OC(F)(F)F)CC3)CC2)C(=C=O)N1CC#Cc1ccc(Cl)cc1-c1ccnc2c(C(=O)O)csc12. The minimum absolute atomic E-state index is 0.0724. The van der Waals surface area contributed by atoms with Crippen LogP contribution in [0.1, 0.15) is 54.9 Å². The minimum atomic E-state index is -4.64. The van der Waals surface area contributed by atoms with Crippen LogP contribution in [0.25, 0.3) is 21.3 Å². The van der Waals surface area contributed by atoms with Crippen LogP contribution in [0, 0.1) is 11.8 Å². The lowest BCUT2D eigenvalue weighted by atomic mass is 9.87. The van der Waals surface area contributed by atoms with Crippen LogP contribution in [0.2, 0.25) is 5.02 Å². The van der Waals surface area contributed by atoms with E-state index in [0.29, 0.717) is 71.1 Å². The first-order valence-corrected chi connectivity index (χ1v) is 16.0. The first-order chi connectivity index (χ1) is 22.0. The molecule has 0 bridgehead atoms. The molecule has 1 aliphatic carbocycles. The average Bonchev–Trinajstić information content (AvgIpc) is 3.46. The maximum absolute atomic E-state index is 12.7. The highest BCUT2D eigenvalue weighted by Gasteiger charge is 2.38. The molecular formula is C33H28ClF3N4O4S. The molecule has 3 aliphatic rings. The summed E-state index contributed by atoms with van der Waals surface area (Å²) < 4.78 is 43.0. The summed E-state index contributed by atoms with van der Waals surface area (Å²) in [5, 5.41) is 11.6. The van der Waals surface area contributed by atoms with Gasteiger partial charge in [-0.15, -0.1) is 24.5 Å². The van der Waals surface area contributed by atoms with Crippen molar-refractivity contribution < 1.29 is 32.6 Å². The number of aromatic nitrogens is 1. The van der Waals surface area contributed by atoms with Gasteiger partial charge in [0, 0.05) is 63.7 Å². The molecule has 8 nitrogen and oxygen atoms in total. The number of allylic oxidation sites excluding steroid dienone is 2. The van der Waals surface area contributed by atoms with Gasteiger partial charge in [-0.05, 0) is 63.3 Å². The number of carbonyl (C=O) groups is 1. The Kier molecular flexibility index (Phi) is 9.06. The van der Waals surface area contributed by atoms with Crippen molar-refractivity contribution in [2.75, 3.05) is 19.6 Å². The highest BCUT2D eigenvalue weighted by atomic mass is 35.5. The largest absolute Gasteiger partial charge is 0.522 e. The van der Waals surface area contributed by atoms with Gasteiger partial charge in [0.1, 0.15) is 11.5 Å². The third-order valence-electron chi connectivity index (χ3n) is 8.55. The Morgan fingerprint density at radius 2 is 1.98 bits per heavy atom. The molecule has 1 saturated heterocycles. The molecule has 1 fully saturated rings. The molecule has 0 amide bonds. The van der Waals surface area contributed by atoms with E-state index in [2.05, 4.69) is 32.4 Å². The van der Waals surface area contributed by atoms with Crippen LogP contribution in [0.15, 0.2) is 57.8 Å². The highest BCUT2D eigenvalue weighted by molar-refractivity contribution is 7.18. The fourth-order valence-electron chi connectivity index (χ4n) is 6.38. The number of ether oxygens (including phenoxy) is 1. The average molecular weight is 669 g/mol. The van der Waals surface area contributed by atoms with Crippen molar-refractivity contribution in [2.45, 2.75) is 57.5 Å². The summed E-state index contributed by atoms with van der Waals surface area (Å²) in [5.41, 5.74) is 4.69. The Balaban J connectivity index is 1.21. The van der Waals surface area contributed by atoms with Gasteiger partial charge >= 0.3 is 12.3 Å². The third kappa shape index (κ3) is 6.61. The second-order valence-electron chi connectivity index (χ2n) is 11.3. The number of piperidine rings is 1. The maximum atomic E-state index is 12.7. The van der Waals surface area contributed by atoms with E-state index in [9.17, 15) is 27.9 Å². The van der Waals surface area contributed by atoms with E-state index in [1.54, 1.807) is 40.7 Å². The number of carboxylic acids is 1. The number of amidine groups is 1. The minimum Gasteiger partial charge on any atom is -0.478 e. The Morgan fingerprint density at radius 3 is 2.70 bits per heavy atom. The molecule has 0 saturated carbocycles. The number of alkyl halides is 3. The van der Waals surface area contributed by atoms with E-state index < -0.39 is 18.4 Å². The normalized spacial score (nSPS) is 19.4. The fourth-order valence-corrected chi connectivity index (χ4v) is 7.57. The van der Waals surface area contributed by atoms with Crippen molar-refractivity contribution in [3.8, 4) is 23.0 Å². The number of benzene rings is 1. The molecule has 2 aliphatic heterocycles. The molecule has 1 N–H and O–H groups in total. The van der Waals surface area contributed by atoms with Crippen LogP contribution in [0.4, 0.5) is 13.2 Å². The lowest BCUT2D eigenvalue weighted by molar-refractivity contribution is -0.346. The Hall–Kier alpha value is -3.98. The summed E-state index contributed by atoms with van der Waals surface area (Å²) in [4.78, 5) is 37.1.